The van der Waals surface area contributed by atoms with Gasteiger partial charge in [-0.15, -0.1) is 24.8 Å². The number of hydrogen-bond donors (Lipinski definition) is 3. The van der Waals surface area contributed by atoms with Crippen molar-refractivity contribution >= 4 is 42.4 Å². The minimum Gasteiger partial charge on any atom is -0.316 e. The van der Waals surface area contributed by atoms with E-state index in [4.69, 9.17) is 0 Å². The Balaban J connectivity index is 0.00000160. The van der Waals surface area contributed by atoms with Gasteiger partial charge in [0.05, 0.1) is 5.69 Å². The Labute approximate surface area is 186 Å². The van der Waals surface area contributed by atoms with Crippen molar-refractivity contribution in [1.29, 1.82) is 0 Å². The second-order valence-electron chi connectivity index (χ2n) is 7.26. The topological polar surface area (TPSA) is 104 Å². The molecule has 1 saturated heterocycles. The van der Waals surface area contributed by atoms with Crippen LogP contribution in [0.4, 0.5) is 5.95 Å². The molecule has 10 heteroatoms. The van der Waals surface area contributed by atoms with Crippen LogP contribution >= 0.6 is 24.8 Å². The molecule has 0 aliphatic carbocycles. The lowest BCUT2D eigenvalue weighted by molar-refractivity contribution is 0.102. The zero-order chi connectivity index (χ0) is 19.7. The Morgan fingerprint density at radius 2 is 1.97 bits per heavy atom. The lowest BCUT2D eigenvalue weighted by Crippen LogP contribution is -2.21. The predicted molar refractivity (Wildman–Crippen MR) is 121 cm³/mol. The van der Waals surface area contributed by atoms with Gasteiger partial charge in [0, 0.05) is 11.1 Å². The predicted octanol–water partition coefficient (Wildman–Crippen LogP) is 2.54. The summed E-state index contributed by atoms with van der Waals surface area (Å²) in [5.41, 5.74) is 2.87. The van der Waals surface area contributed by atoms with Crippen LogP contribution in [0.15, 0.2) is 29.1 Å². The van der Waals surface area contributed by atoms with E-state index >= 15 is 0 Å². The number of aromatic nitrogens is 4. The van der Waals surface area contributed by atoms with Gasteiger partial charge in [0.1, 0.15) is 0 Å². The molecule has 2 aromatic heterocycles. The van der Waals surface area contributed by atoms with E-state index in [1.54, 1.807) is 6.92 Å². The third-order valence-corrected chi connectivity index (χ3v) is 5.28. The molecule has 0 radical (unpaired) electrons. The molecule has 3 heterocycles. The van der Waals surface area contributed by atoms with Crippen molar-refractivity contribution in [2.24, 2.45) is 5.92 Å². The number of nitrogens with zero attached hydrogens (tertiary/aromatic N) is 3. The summed E-state index contributed by atoms with van der Waals surface area (Å²) in [7, 11) is 0. The number of benzene rings is 1. The molecule has 1 amide bonds. The number of hydrogen-bond acceptors (Lipinski definition) is 5. The fourth-order valence-electron chi connectivity index (χ4n) is 3.71. The molecule has 3 N–H and O–H groups in total. The highest BCUT2D eigenvalue weighted by Gasteiger charge is 2.16. The van der Waals surface area contributed by atoms with Crippen molar-refractivity contribution in [3.63, 3.8) is 0 Å². The average Bonchev–Trinajstić information content (AvgIpc) is 3.32. The second-order valence-corrected chi connectivity index (χ2v) is 7.26. The smallest absolute Gasteiger partial charge is 0.277 e. The van der Waals surface area contributed by atoms with E-state index in [0.717, 1.165) is 19.5 Å². The van der Waals surface area contributed by atoms with Crippen LogP contribution in [0.1, 0.15) is 40.5 Å². The van der Waals surface area contributed by atoms with Crippen LogP contribution in [0.2, 0.25) is 0 Å². The summed E-state index contributed by atoms with van der Waals surface area (Å²) in [6.45, 7) is 5.83. The molecule has 30 heavy (non-hydrogen) atoms. The van der Waals surface area contributed by atoms with Crippen molar-refractivity contribution in [3.8, 4) is 0 Å². The number of nitrogens with one attached hydrogen (secondary N) is 3. The van der Waals surface area contributed by atoms with E-state index in [-0.39, 0.29) is 48.0 Å². The first kappa shape index (κ1) is 23.9. The van der Waals surface area contributed by atoms with Crippen LogP contribution in [0.25, 0.3) is 5.78 Å². The summed E-state index contributed by atoms with van der Waals surface area (Å²) in [6.07, 6.45) is 2.80. The standard InChI is InChI=1S/C20H24N6O2.2ClH/c1-3-16-12(2)22-20-24-19(25-26(20)18(16)28)23-17(27)15-6-4-13(5-7-15)10-14-8-9-21-11-14;;/h4-7,14,21H,3,8-11H2,1-2H3,(H2,22,23,24,25,27);2*1H. The van der Waals surface area contributed by atoms with Gasteiger partial charge in [0.15, 0.2) is 0 Å². The average molecular weight is 453 g/mol. The van der Waals surface area contributed by atoms with Crippen LogP contribution in [-0.2, 0) is 12.8 Å². The lowest BCUT2D eigenvalue weighted by atomic mass is 9.98. The molecule has 1 aliphatic heterocycles. The molecule has 1 aromatic carbocycles. The maximum absolute atomic E-state index is 12.5. The SMILES string of the molecule is CCc1c(C)nc2nc(NC(=O)c3ccc(CC4CCNC4)cc3)[nH]n2c1=O.Cl.Cl. The normalized spacial score (nSPS) is 15.5. The first-order valence-electron chi connectivity index (χ1n) is 9.64. The number of aromatic amines is 1. The molecule has 3 aromatic rings. The van der Waals surface area contributed by atoms with Gasteiger partial charge in [-0.05, 0) is 62.9 Å². The summed E-state index contributed by atoms with van der Waals surface area (Å²) in [5.74, 6) is 0.824. The number of carbonyl (C=O) groups is 1. The van der Waals surface area contributed by atoms with Crippen LogP contribution < -0.4 is 16.2 Å². The van der Waals surface area contributed by atoms with Crippen molar-refractivity contribution in [3.05, 3.63) is 57.0 Å². The number of amides is 1. The third kappa shape index (κ3) is 4.83. The number of carbonyl (C=O) groups excluding carboxylic acids is 1. The third-order valence-electron chi connectivity index (χ3n) is 5.28. The Morgan fingerprint density at radius 3 is 2.60 bits per heavy atom. The Hall–Kier alpha value is -2.42. The molecule has 0 bridgehead atoms. The highest BCUT2D eigenvalue weighted by molar-refractivity contribution is 6.03. The van der Waals surface area contributed by atoms with Gasteiger partial charge in [0.2, 0.25) is 5.95 Å². The van der Waals surface area contributed by atoms with E-state index in [1.807, 2.05) is 31.2 Å². The van der Waals surface area contributed by atoms with Gasteiger partial charge >= 0.3 is 0 Å². The number of rotatable bonds is 5. The second kappa shape index (κ2) is 10.1. The number of fused-ring (bicyclic) bond motifs is 1. The van der Waals surface area contributed by atoms with Crippen molar-refractivity contribution in [1.82, 2.24) is 24.9 Å². The maximum atomic E-state index is 12.5. The zero-order valence-electron chi connectivity index (χ0n) is 16.9. The quantitative estimate of drug-likeness (QED) is 0.551. The largest absolute Gasteiger partial charge is 0.316 e. The molecule has 162 valence electrons. The van der Waals surface area contributed by atoms with Gasteiger partial charge in [-0.2, -0.15) is 9.50 Å². The van der Waals surface area contributed by atoms with Gasteiger partial charge in [0.25, 0.3) is 17.2 Å². The van der Waals surface area contributed by atoms with E-state index in [9.17, 15) is 9.59 Å². The Morgan fingerprint density at radius 1 is 1.23 bits per heavy atom. The Kier molecular flexibility index (Phi) is 8.00. The fraction of sp³-hybridized carbons (Fsp3) is 0.400. The maximum Gasteiger partial charge on any atom is 0.277 e. The van der Waals surface area contributed by atoms with Gasteiger partial charge in [-0.1, -0.05) is 19.1 Å². The molecule has 1 aliphatic rings. The number of H-pyrrole nitrogens is 1. The highest BCUT2D eigenvalue weighted by atomic mass is 35.5. The molecule has 0 spiro atoms. The van der Waals surface area contributed by atoms with Crippen LogP contribution in [0, 0.1) is 12.8 Å². The molecule has 1 fully saturated rings. The molecule has 0 saturated carbocycles. The highest BCUT2D eigenvalue weighted by Crippen LogP contribution is 2.16. The summed E-state index contributed by atoms with van der Waals surface area (Å²) in [5, 5.41) is 8.90. The Bertz CT molecular complexity index is 1070. The van der Waals surface area contributed by atoms with E-state index in [0.29, 0.717) is 29.2 Å². The van der Waals surface area contributed by atoms with Crippen molar-refractivity contribution in [2.75, 3.05) is 18.4 Å². The molecule has 4 rings (SSSR count). The first-order chi connectivity index (χ1) is 13.5. The van der Waals surface area contributed by atoms with Gasteiger partial charge in [-0.3, -0.25) is 20.0 Å². The molecule has 8 nitrogen and oxygen atoms in total. The summed E-state index contributed by atoms with van der Waals surface area (Å²) < 4.78 is 1.26. The van der Waals surface area contributed by atoms with Crippen LogP contribution in [0.3, 0.4) is 0 Å². The lowest BCUT2D eigenvalue weighted by Gasteiger charge is -2.08. The summed E-state index contributed by atoms with van der Waals surface area (Å²) >= 11 is 0. The van der Waals surface area contributed by atoms with Crippen molar-refractivity contribution < 1.29 is 4.79 Å². The number of aryl methyl sites for hydroxylation is 1. The minimum absolute atomic E-state index is 0. The summed E-state index contributed by atoms with van der Waals surface area (Å²) in [4.78, 5) is 33.5. The van der Waals surface area contributed by atoms with Gasteiger partial charge in [-0.25, -0.2) is 4.98 Å². The van der Waals surface area contributed by atoms with Gasteiger partial charge < -0.3 is 5.32 Å². The zero-order valence-corrected chi connectivity index (χ0v) is 18.5. The first-order valence-corrected chi connectivity index (χ1v) is 9.64. The minimum atomic E-state index is -0.284. The van der Waals surface area contributed by atoms with Crippen LogP contribution in [0.5, 0.6) is 0 Å². The number of anilines is 1. The number of halogens is 2. The van der Waals surface area contributed by atoms with Crippen molar-refractivity contribution in [2.45, 2.75) is 33.1 Å². The summed E-state index contributed by atoms with van der Waals surface area (Å²) in [6, 6.07) is 7.63. The fourth-order valence-corrected chi connectivity index (χ4v) is 3.71. The van der Waals surface area contributed by atoms with E-state index in [2.05, 4.69) is 25.7 Å². The van der Waals surface area contributed by atoms with E-state index in [1.165, 1.54) is 16.5 Å². The molecular formula is C20H26Cl2N6O2. The van der Waals surface area contributed by atoms with Crippen LogP contribution in [-0.4, -0.2) is 38.6 Å². The monoisotopic (exact) mass is 452 g/mol. The van der Waals surface area contributed by atoms with E-state index < -0.39 is 0 Å². The molecule has 1 atom stereocenters. The molecule has 1 unspecified atom stereocenters. The molecular weight excluding hydrogens is 427 g/mol.